The maximum absolute atomic E-state index is 5.87. The highest BCUT2D eigenvalue weighted by atomic mass is 35.5. The Morgan fingerprint density at radius 3 is 2.77 bits per heavy atom. The quantitative estimate of drug-likeness (QED) is 0.746. The third-order valence-electron chi connectivity index (χ3n) is 2.96. The fraction of sp³-hybridized carbons (Fsp3) is 0.143. The molecule has 0 spiro atoms. The lowest BCUT2D eigenvalue weighted by Crippen LogP contribution is -1.99. The van der Waals surface area contributed by atoms with Crippen molar-refractivity contribution in [3.05, 3.63) is 42.1 Å². The number of nitrogens with one attached hydrogen (secondary N) is 1. The molecule has 0 bridgehead atoms. The SMILES string of the molecule is COc1c(Nc2cc(Cl)ncn2)cccc1-c1ncn(C)n1. The van der Waals surface area contributed by atoms with Crippen molar-refractivity contribution in [2.75, 3.05) is 12.4 Å². The van der Waals surface area contributed by atoms with E-state index in [4.69, 9.17) is 16.3 Å². The monoisotopic (exact) mass is 316 g/mol. The third kappa shape index (κ3) is 2.84. The van der Waals surface area contributed by atoms with Crippen molar-refractivity contribution in [1.29, 1.82) is 0 Å². The van der Waals surface area contributed by atoms with Crippen LogP contribution in [-0.2, 0) is 7.05 Å². The molecule has 22 heavy (non-hydrogen) atoms. The maximum atomic E-state index is 5.87. The molecule has 1 aromatic carbocycles. The molecule has 1 N–H and O–H groups in total. The number of para-hydroxylation sites is 1. The number of rotatable bonds is 4. The topological polar surface area (TPSA) is 77.8 Å². The number of nitrogens with zero attached hydrogens (tertiary/aromatic N) is 5. The Bertz CT molecular complexity index is 804. The van der Waals surface area contributed by atoms with Gasteiger partial charge in [-0.25, -0.2) is 15.0 Å². The van der Waals surface area contributed by atoms with E-state index in [0.29, 0.717) is 22.5 Å². The van der Waals surface area contributed by atoms with Gasteiger partial charge in [-0.05, 0) is 12.1 Å². The van der Waals surface area contributed by atoms with Crippen molar-refractivity contribution in [3.8, 4) is 17.1 Å². The van der Waals surface area contributed by atoms with E-state index in [0.717, 1.165) is 11.3 Å². The second-order valence-electron chi connectivity index (χ2n) is 4.48. The Morgan fingerprint density at radius 2 is 2.09 bits per heavy atom. The van der Waals surface area contributed by atoms with Crippen LogP contribution < -0.4 is 10.1 Å². The summed E-state index contributed by atoms with van der Waals surface area (Å²) in [6, 6.07) is 7.29. The highest BCUT2D eigenvalue weighted by Gasteiger charge is 2.14. The van der Waals surface area contributed by atoms with Crippen LogP contribution in [0.1, 0.15) is 0 Å². The molecule has 2 heterocycles. The lowest BCUT2D eigenvalue weighted by atomic mass is 10.1. The average Bonchev–Trinajstić information content (AvgIpc) is 2.93. The summed E-state index contributed by atoms with van der Waals surface area (Å²) in [6.07, 6.45) is 3.03. The van der Waals surface area contributed by atoms with Crippen molar-refractivity contribution in [2.45, 2.75) is 0 Å². The van der Waals surface area contributed by atoms with Crippen molar-refractivity contribution < 1.29 is 4.74 Å². The third-order valence-corrected chi connectivity index (χ3v) is 3.16. The standard InChI is InChI=1S/C14H13ClN6O/c1-21-8-18-14(20-21)9-4-3-5-10(13(9)22-2)19-12-6-11(15)16-7-17-12/h3-8H,1-2H3,(H,16,17,19). The molecule has 3 rings (SSSR count). The summed E-state index contributed by atoms with van der Waals surface area (Å²) in [4.78, 5) is 12.2. The molecule has 0 radical (unpaired) electrons. The van der Waals surface area contributed by atoms with E-state index in [9.17, 15) is 0 Å². The zero-order valence-electron chi connectivity index (χ0n) is 12.0. The molecule has 0 saturated carbocycles. The van der Waals surface area contributed by atoms with Gasteiger partial charge in [-0.3, -0.25) is 4.68 Å². The van der Waals surface area contributed by atoms with Crippen LogP contribution in [0.5, 0.6) is 5.75 Å². The first-order valence-electron chi connectivity index (χ1n) is 6.45. The number of hydrogen-bond acceptors (Lipinski definition) is 6. The molecule has 8 heteroatoms. The molecule has 0 unspecified atom stereocenters. The van der Waals surface area contributed by atoms with Crippen LogP contribution in [-0.4, -0.2) is 31.8 Å². The van der Waals surface area contributed by atoms with Crippen molar-refractivity contribution >= 4 is 23.1 Å². The van der Waals surface area contributed by atoms with E-state index in [-0.39, 0.29) is 0 Å². The lowest BCUT2D eigenvalue weighted by Gasteiger charge is -2.13. The predicted octanol–water partition coefficient (Wildman–Crippen LogP) is 2.68. The molecule has 3 aromatic rings. The van der Waals surface area contributed by atoms with Crippen molar-refractivity contribution in [3.63, 3.8) is 0 Å². The number of aryl methyl sites for hydroxylation is 1. The first-order chi connectivity index (χ1) is 10.7. The summed E-state index contributed by atoms with van der Waals surface area (Å²) in [7, 11) is 3.41. The maximum Gasteiger partial charge on any atom is 0.184 e. The van der Waals surface area contributed by atoms with Gasteiger partial charge in [0.1, 0.15) is 23.6 Å². The van der Waals surface area contributed by atoms with Gasteiger partial charge in [0.25, 0.3) is 0 Å². The summed E-state index contributed by atoms with van der Waals surface area (Å²) in [5, 5.41) is 7.82. The number of anilines is 2. The minimum atomic E-state index is 0.360. The van der Waals surface area contributed by atoms with Crippen molar-refractivity contribution in [2.24, 2.45) is 7.05 Å². The van der Waals surface area contributed by atoms with Gasteiger partial charge < -0.3 is 10.1 Å². The number of aromatic nitrogens is 5. The number of hydrogen-bond donors (Lipinski definition) is 1. The minimum absolute atomic E-state index is 0.360. The second-order valence-corrected chi connectivity index (χ2v) is 4.87. The molecule has 0 aliphatic carbocycles. The summed E-state index contributed by atoms with van der Waals surface area (Å²) < 4.78 is 7.15. The summed E-state index contributed by atoms with van der Waals surface area (Å²) in [5.41, 5.74) is 1.52. The van der Waals surface area contributed by atoms with E-state index in [1.165, 1.54) is 6.33 Å². The zero-order chi connectivity index (χ0) is 15.5. The van der Waals surface area contributed by atoms with Crippen LogP contribution in [0.2, 0.25) is 5.15 Å². The molecule has 0 atom stereocenters. The van der Waals surface area contributed by atoms with Crippen LogP contribution in [0.15, 0.2) is 36.9 Å². The molecular formula is C14H13ClN6O. The number of ether oxygens (including phenoxy) is 1. The average molecular weight is 317 g/mol. The van der Waals surface area contributed by atoms with E-state index >= 15 is 0 Å². The Balaban J connectivity index is 2.01. The molecule has 0 aliphatic heterocycles. The van der Waals surface area contributed by atoms with Crippen LogP contribution in [0.3, 0.4) is 0 Å². The predicted molar refractivity (Wildman–Crippen MR) is 83.3 cm³/mol. The largest absolute Gasteiger partial charge is 0.494 e. The summed E-state index contributed by atoms with van der Waals surface area (Å²) in [6.45, 7) is 0. The fourth-order valence-electron chi connectivity index (χ4n) is 2.03. The fourth-order valence-corrected chi connectivity index (χ4v) is 2.18. The molecule has 7 nitrogen and oxygen atoms in total. The van der Waals surface area contributed by atoms with Crippen LogP contribution in [0.25, 0.3) is 11.4 Å². The van der Waals surface area contributed by atoms with Crippen LogP contribution in [0, 0.1) is 0 Å². The van der Waals surface area contributed by atoms with Gasteiger partial charge in [0.15, 0.2) is 11.6 Å². The highest BCUT2D eigenvalue weighted by molar-refractivity contribution is 6.29. The molecule has 0 saturated heterocycles. The minimum Gasteiger partial charge on any atom is -0.494 e. The first kappa shape index (κ1) is 14.3. The van der Waals surface area contributed by atoms with Crippen LogP contribution in [0.4, 0.5) is 11.5 Å². The van der Waals surface area contributed by atoms with E-state index in [1.54, 1.807) is 24.2 Å². The lowest BCUT2D eigenvalue weighted by molar-refractivity contribution is 0.418. The number of methoxy groups -OCH3 is 1. The Morgan fingerprint density at radius 1 is 1.23 bits per heavy atom. The van der Waals surface area contributed by atoms with Gasteiger partial charge in [0.2, 0.25) is 0 Å². The van der Waals surface area contributed by atoms with Gasteiger partial charge in [-0.2, -0.15) is 5.10 Å². The van der Waals surface area contributed by atoms with Gasteiger partial charge in [0.05, 0.1) is 18.4 Å². The second kappa shape index (κ2) is 5.98. The molecule has 2 aromatic heterocycles. The van der Waals surface area contributed by atoms with Crippen molar-refractivity contribution in [1.82, 2.24) is 24.7 Å². The Labute approximate surface area is 132 Å². The summed E-state index contributed by atoms with van der Waals surface area (Å²) in [5.74, 6) is 1.79. The van der Waals surface area contributed by atoms with E-state index < -0.39 is 0 Å². The van der Waals surface area contributed by atoms with Gasteiger partial charge >= 0.3 is 0 Å². The van der Waals surface area contributed by atoms with Gasteiger partial charge in [-0.1, -0.05) is 17.7 Å². The summed E-state index contributed by atoms with van der Waals surface area (Å²) >= 11 is 5.87. The zero-order valence-corrected chi connectivity index (χ0v) is 12.7. The molecule has 0 fully saturated rings. The normalized spacial score (nSPS) is 10.5. The number of halogens is 1. The molecule has 0 amide bonds. The van der Waals surface area contributed by atoms with E-state index in [1.807, 2.05) is 25.2 Å². The van der Waals surface area contributed by atoms with Gasteiger partial charge in [0, 0.05) is 13.1 Å². The molecular weight excluding hydrogens is 304 g/mol. The Hall–Kier alpha value is -2.67. The highest BCUT2D eigenvalue weighted by Crippen LogP contribution is 2.36. The smallest absolute Gasteiger partial charge is 0.184 e. The first-order valence-corrected chi connectivity index (χ1v) is 6.83. The van der Waals surface area contributed by atoms with E-state index in [2.05, 4.69) is 25.4 Å². The molecule has 112 valence electrons. The van der Waals surface area contributed by atoms with Crippen LogP contribution >= 0.6 is 11.6 Å². The van der Waals surface area contributed by atoms with Gasteiger partial charge in [-0.15, -0.1) is 0 Å². The Kier molecular flexibility index (Phi) is 3.88. The molecule has 0 aliphatic rings. The number of benzene rings is 1.